The Balaban J connectivity index is 2.08. The number of carboxylic acids is 2. The number of aliphatic carboxylic acids is 2. The van der Waals surface area contributed by atoms with E-state index in [2.05, 4.69) is 15.9 Å². The van der Waals surface area contributed by atoms with E-state index in [1.165, 1.54) is 0 Å². The van der Waals surface area contributed by atoms with Crippen LogP contribution in [0.2, 0.25) is 0 Å². The van der Waals surface area contributed by atoms with Gasteiger partial charge in [0.05, 0.1) is 6.42 Å². The number of nitrogens with zero attached hydrogens (tertiary/aromatic N) is 2. The molecule has 1 fully saturated rings. The molecule has 128 valence electrons. The van der Waals surface area contributed by atoms with Crippen LogP contribution in [0.5, 0.6) is 0 Å². The van der Waals surface area contributed by atoms with Crippen LogP contribution in [0.15, 0.2) is 28.9 Å². The predicted octanol–water partition coefficient (Wildman–Crippen LogP) is 3.10. The highest BCUT2D eigenvalue weighted by atomic mass is 79.9. The maximum Gasteiger partial charge on any atom is 0.325 e. The zero-order chi connectivity index (χ0) is 17.3. The zero-order valence-corrected chi connectivity index (χ0v) is 14.7. The van der Waals surface area contributed by atoms with Crippen molar-refractivity contribution in [3.63, 3.8) is 0 Å². The summed E-state index contributed by atoms with van der Waals surface area (Å²) in [7, 11) is 0. The maximum absolute atomic E-state index is 11.9. The molecule has 1 aliphatic heterocycles. The molecule has 6 nitrogen and oxygen atoms in total. The number of aryl methyl sites for hydroxylation is 1. The van der Waals surface area contributed by atoms with E-state index in [0.29, 0.717) is 6.54 Å². The minimum absolute atomic E-state index is 0.00279. The number of rotatable bonds is 6. The van der Waals surface area contributed by atoms with Gasteiger partial charge in [0.25, 0.3) is 0 Å². The molecule has 1 saturated heterocycles. The predicted molar refractivity (Wildman–Crippen MR) is 93.1 cm³/mol. The maximum atomic E-state index is 11.9. The number of fused-ring (bicyclic) bond motifs is 1. The molecule has 0 amide bonds. The molecular weight excluding hydrogens is 376 g/mol. The van der Waals surface area contributed by atoms with Crippen LogP contribution in [0.3, 0.4) is 0 Å². The zero-order valence-electron chi connectivity index (χ0n) is 13.1. The van der Waals surface area contributed by atoms with Crippen LogP contribution >= 0.6 is 15.9 Å². The van der Waals surface area contributed by atoms with E-state index in [9.17, 15) is 14.7 Å². The van der Waals surface area contributed by atoms with Gasteiger partial charge in [-0.05, 0) is 38.1 Å². The summed E-state index contributed by atoms with van der Waals surface area (Å²) in [6, 6.07) is 5.00. The lowest BCUT2D eigenvalue weighted by molar-refractivity contribution is -0.143. The molecule has 1 atom stereocenters. The second kappa shape index (κ2) is 6.94. The van der Waals surface area contributed by atoms with E-state index in [0.717, 1.165) is 46.9 Å². The van der Waals surface area contributed by atoms with Crippen LogP contribution in [-0.4, -0.2) is 44.7 Å². The molecule has 2 N–H and O–H groups in total. The number of halogens is 1. The lowest BCUT2D eigenvalue weighted by Crippen LogP contribution is -2.31. The van der Waals surface area contributed by atoms with Gasteiger partial charge in [0.2, 0.25) is 0 Å². The lowest BCUT2D eigenvalue weighted by atomic mass is 10.0. The highest BCUT2D eigenvalue weighted by Crippen LogP contribution is 2.34. The van der Waals surface area contributed by atoms with E-state index in [1.807, 2.05) is 27.7 Å². The van der Waals surface area contributed by atoms with Crippen molar-refractivity contribution in [2.45, 2.75) is 31.8 Å². The first kappa shape index (κ1) is 17.0. The molecule has 24 heavy (non-hydrogen) atoms. The Hall–Kier alpha value is -1.86. The Bertz CT molecular complexity index is 780. The number of aromatic nitrogens is 1. The van der Waals surface area contributed by atoms with Crippen molar-refractivity contribution in [2.24, 2.45) is 0 Å². The van der Waals surface area contributed by atoms with Gasteiger partial charge < -0.3 is 14.8 Å². The summed E-state index contributed by atoms with van der Waals surface area (Å²) in [6.45, 7) is 1.86. The minimum atomic E-state index is -0.872. The minimum Gasteiger partial charge on any atom is -0.481 e. The van der Waals surface area contributed by atoms with Gasteiger partial charge >= 0.3 is 11.9 Å². The van der Waals surface area contributed by atoms with Crippen molar-refractivity contribution in [2.75, 3.05) is 13.1 Å². The van der Waals surface area contributed by atoms with Crippen molar-refractivity contribution >= 4 is 38.8 Å². The summed E-state index contributed by atoms with van der Waals surface area (Å²) < 4.78 is 2.72. The van der Waals surface area contributed by atoms with Gasteiger partial charge in [-0.1, -0.05) is 22.0 Å². The van der Waals surface area contributed by atoms with E-state index < -0.39 is 18.0 Å². The summed E-state index contributed by atoms with van der Waals surface area (Å²) in [5.74, 6) is -1.74. The molecule has 1 unspecified atom stereocenters. The molecule has 0 radical (unpaired) electrons. The number of benzene rings is 1. The number of likely N-dealkylation sites (tertiary alicyclic amines) is 1. The molecule has 0 spiro atoms. The van der Waals surface area contributed by atoms with Gasteiger partial charge in [-0.3, -0.25) is 14.5 Å². The van der Waals surface area contributed by atoms with Crippen LogP contribution in [0, 0.1) is 0 Å². The van der Waals surface area contributed by atoms with Gasteiger partial charge in [0, 0.05) is 33.7 Å². The Morgan fingerprint density at radius 3 is 2.54 bits per heavy atom. The molecule has 0 saturated carbocycles. The highest BCUT2D eigenvalue weighted by Gasteiger charge is 2.32. The first-order chi connectivity index (χ1) is 11.5. The highest BCUT2D eigenvalue weighted by molar-refractivity contribution is 9.10. The molecule has 2 heterocycles. The van der Waals surface area contributed by atoms with Crippen LogP contribution in [0.1, 0.15) is 30.9 Å². The molecule has 2 aromatic rings. The van der Waals surface area contributed by atoms with E-state index in [4.69, 9.17) is 5.11 Å². The molecule has 1 aromatic heterocycles. The Morgan fingerprint density at radius 1 is 1.21 bits per heavy atom. The first-order valence-corrected chi connectivity index (χ1v) is 8.73. The van der Waals surface area contributed by atoms with Crippen molar-refractivity contribution in [3.05, 3.63) is 34.4 Å². The van der Waals surface area contributed by atoms with Crippen LogP contribution in [0.25, 0.3) is 10.9 Å². The molecule has 7 heteroatoms. The summed E-state index contributed by atoms with van der Waals surface area (Å²) in [5, 5.41) is 19.6. The second-order valence-corrected chi connectivity index (χ2v) is 6.98. The van der Waals surface area contributed by atoms with Gasteiger partial charge in [0.15, 0.2) is 0 Å². The van der Waals surface area contributed by atoms with Crippen molar-refractivity contribution in [3.8, 4) is 0 Å². The van der Waals surface area contributed by atoms with Crippen molar-refractivity contribution in [1.29, 1.82) is 0 Å². The smallest absolute Gasteiger partial charge is 0.325 e. The number of carbonyl (C=O) groups is 2. The fourth-order valence-corrected chi connectivity index (χ4v) is 3.75. The molecule has 1 aromatic carbocycles. The second-order valence-electron chi connectivity index (χ2n) is 6.07. The standard InChI is InChI=1S/C17H19BrN2O4/c18-11-3-4-12-13(16(17(23)24)19-6-1-2-7-19)10-20(14(12)9-11)8-5-15(21)22/h3-4,9-10,16H,1-2,5-8H2,(H,21,22)(H,23,24). The Kier molecular flexibility index (Phi) is 4.91. The third-order valence-electron chi connectivity index (χ3n) is 4.48. The first-order valence-electron chi connectivity index (χ1n) is 7.94. The summed E-state index contributed by atoms with van der Waals surface area (Å²) >= 11 is 3.43. The third-order valence-corrected chi connectivity index (χ3v) is 4.97. The van der Waals surface area contributed by atoms with Crippen molar-refractivity contribution < 1.29 is 19.8 Å². The summed E-state index contributed by atoms with van der Waals surface area (Å²) in [4.78, 5) is 24.8. The van der Waals surface area contributed by atoms with Gasteiger partial charge in [-0.2, -0.15) is 0 Å². The topological polar surface area (TPSA) is 82.8 Å². The third kappa shape index (κ3) is 3.32. The Labute approximate surface area is 147 Å². The van der Waals surface area contributed by atoms with Gasteiger partial charge in [0.1, 0.15) is 6.04 Å². The molecule has 1 aliphatic rings. The fraction of sp³-hybridized carbons (Fsp3) is 0.412. The lowest BCUT2D eigenvalue weighted by Gasteiger charge is -2.23. The quantitative estimate of drug-likeness (QED) is 0.786. The molecular formula is C17H19BrN2O4. The average Bonchev–Trinajstić information content (AvgIpc) is 3.14. The number of hydrogen-bond donors (Lipinski definition) is 2. The summed E-state index contributed by atoms with van der Waals surface area (Å²) in [6.07, 6.45) is 3.81. The van der Waals surface area contributed by atoms with E-state index >= 15 is 0 Å². The largest absolute Gasteiger partial charge is 0.481 e. The molecule has 3 rings (SSSR count). The number of hydrogen-bond acceptors (Lipinski definition) is 3. The van der Waals surface area contributed by atoms with E-state index in [1.54, 1.807) is 6.20 Å². The normalized spacial score (nSPS) is 16.5. The van der Waals surface area contributed by atoms with Crippen LogP contribution < -0.4 is 0 Å². The fourth-order valence-electron chi connectivity index (χ4n) is 3.40. The van der Waals surface area contributed by atoms with Gasteiger partial charge in [-0.25, -0.2) is 0 Å². The average molecular weight is 395 g/mol. The van der Waals surface area contributed by atoms with Crippen molar-refractivity contribution in [1.82, 2.24) is 9.47 Å². The monoisotopic (exact) mass is 394 g/mol. The molecule has 0 aliphatic carbocycles. The Morgan fingerprint density at radius 2 is 1.92 bits per heavy atom. The number of carboxylic acid groups (broad SMARTS) is 2. The molecule has 0 bridgehead atoms. The van der Waals surface area contributed by atoms with E-state index in [-0.39, 0.29) is 6.42 Å². The van der Waals surface area contributed by atoms with Crippen LogP contribution in [-0.2, 0) is 16.1 Å². The summed E-state index contributed by atoms with van der Waals surface area (Å²) in [5.41, 5.74) is 1.59. The van der Waals surface area contributed by atoms with Gasteiger partial charge in [-0.15, -0.1) is 0 Å². The van der Waals surface area contributed by atoms with Crippen LogP contribution in [0.4, 0.5) is 0 Å². The SMILES string of the molecule is O=C(O)CCn1cc(C(C(=O)O)N2CCCC2)c2ccc(Br)cc21.